The molecule has 0 bridgehead atoms. The number of nitrogens with one attached hydrogen (secondary N) is 1. The highest BCUT2D eigenvalue weighted by molar-refractivity contribution is 6.05. The van der Waals surface area contributed by atoms with Crippen molar-refractivity contribution in [3.05, 3.63) is 71.5 Å². The molecule has 1 N–H and O–H groups in total. The van der Waals surface area contributed by atoms with Gasteiger partial charge in [-0.25, -0.2) is 4.68 Å². The van der Waals surface area contributed by atoms with Gasteiger partial charge in [0.25, 0.3) is 5.91 Å². The molecule has 5 nitrogen and oxygen atoms in total. The van der Waals surface area contributed by atoms with Crippen molar-refractivity contribution in [2.45, 2.75) is 27.7 Å². The molecule has 0 fully saturated rings. The summed E-state index contributed by atoms with van der Waals surface area (Å²) in [6, 6.07) is 15.4. The lowest BCUT2D eigenvalue weighted by atomic mass is 10.2. The van der Waals surface area contributed by atoms with Crippen LogP contribution in [0.3, 0.4) is 0 Å². The summed E-state index contributed by atoms with van der Waals surface area (Å²) in [5, 5.41) is 7.37. The highest BCUT2D eigenvalue weighted by atomic mass is 16.5. The Labute approximate surface area is 160 Å². The lowest BCUT2D eigenvalue weighted by Gasteiger charge is -2.14. The second-order valence-electron chi connectivity index (χ2n) is 7.00. The monoisotopic (exact) mass is 363 g/mol. The molecule has 0 atom stereocenters. The first kappa shape index (κ1) is 18.7. The van der Waals surface area contributed by atoms with Crippen molar-refractivity contribution in [3.63, 3.8) is 0 Å². The third-order valence-corrected chi connectivity index (χ3v) is 4.31. The summed E-state index contributed by atoms with van der Waals surface area (Å²) in [6.45, 7) is 8.69. The number of para-hydroxylation sites is 3. The molecule has 0 radical (unpaired) electrons. The minimum Gasteiger partial charge on any atom is -0.491 e. The number of carbonyl (C=O) groups excluding carboxylic acids is 1. The van der Waals surface area contributed by atoms with Crippen LogP contribution in [-0.2, 0) is 0 Å². The summed E-state index contributed by atoms with van der Waals surface area (Å²) in [6.07, 6.45) is 1.61. The molecular weight excluding hydrogens is 338 g/mol. The first-order valence-electron chi connectivity index (χ1n) is 9.11. The summed E-state index contributed by atoms with van der Waals surface area (Å²) in [5.41, 5.74) is 4.06. The second-order valence-corrected chi connectivity index (χ2v) is 7.00. The lowest BCUT2D eigenvalue weighted by Crippen LogP contribution is -2.15. The molecular formula is C22H25N3O2. The van der Waals surface area contributed by atoms with Crippen LogP contribution in [-0.4, -0.2) is 22.3 Å². The molecule has 0 aliphatic carbocycles. The Balaban J connectivity index is 1.83. The van der Waals surface area contributed by atoms with Crippen LogP contribution in [0, 0.1) is 19.8 Å². The summed E-state index contributed by atoms with van der Waals surface area (Å²) in [4.78, 5) is 12.8. The molecule has 140 valence electrons. The predicted octanol–water partition coefficient (Wildman–Crippen LogP) is 4.78. The highest BCUT2D eigenvalue weighted by Crippen LogP contribution is 2.26. The second kappa shape index (κ2) is 8.08. The summed E-state index contributed by atoms with van der Waals surface area (Å²) >= 11 is 0. The normalized spacial score (nSPS) is 10.9. The molecule has 3 aromatic rings. The Morgan fingerprint density at radius 2 is 1.81 bits per heavy atom. The van der Waals surface area contributed by atoms with Crippen molar-refractivity contribution in [1.29, 1.82) is 0 Å². The third kappa shape index (κ3) is 4.19. The number of carbonyl (C=O) groups is 1. The Hall–Kier alpha value is -3.08. The van der Waals surface area contributed by atoms with E-state index in [-0.39, 0.29) is 5.91 Å². The zero-order chi connectivity index (χ0) is 19.4. The van der Waals surface area contributed by atoms with Crippen LogP contribution in [0.25, 0.3) is 5.69 Å². The third-order valence-electron chi connectivity index (χ3n) is 4.31. The fourth-order valence-electron chi connectivity index (χ4n) is 2.82. The van der Waals surface area contributed by atoms with E-state index < -0.39 is 0 Å². The molecule has 0 spiro atoms. The van der Waals surface area contributed by atoms with Gasteiger partial charge in [-0.05, 0) is 43.5 Å². The van der Waals surface area contributed by atoms with Gasteiger partial charge >= 0.3 is 0 Å². The van der Waals surface area contributed by atoms with Gasteiger partial charge in [0, 0.05) is 0 Å². The van der Waals surface area contributed by atoms with E-state index in [2.05, 4.69) is 24.3 Å². The van der Waals surface area contributed by atoms with Crippen LogP contribution in [0.15, 0.2) is 54.7 Å². The molecule has 27 heavy (non-hydrogen) atoms. The quantitative estimate of drug-likeness (QED) is 0.686. The maximum Gasteiger partial charge on any atom is 0.259 e. The van der Waals surface area contributed by atoms with Gasteiger partial charge in [-0.15, -0.1) is 0 Å². The van der Waals surface area contributed by atoms with Crippen LogP contribution in [0.2, 0.25) is 0 Å². The molecule has 2 aromatic carbocycles. The molecule has 3 rings (SSSR count). The smallest absolute Gasteiger partial charge is 0.259 e. The van der Waals surface area contributed by atoms with Crippen molar-refractivity contribution in [3.8, 4) is 11.4 Å². The van der Waals surface area contributed by atoms with Gasteiger partial charge in [-0.2, -0.15) is 5.10 Å². The Morgan fingerprint density at radius 3 is 2.56 bits per heavy atom. The number of nitrogens with zero attached hydrogens (tertiary/aromatic N) is 2. The maximum atomic E-state index is 12.8. The summed E-state index contributed by atoms with van der Waals surface area (Å²) in [7, 11) is 0. The first-order chi connectivity index (χ1) is 13.0. The van der Waals surface area contributed by atoms with E-state index in [1.54, 1.807) is 10.9 Å². The molecule has 0 aliphatic rings. The van der Waals surface area contributed by atoms with Crippen LogP contribution in [0.1, 0.15) is 35.5 Å². The molecule has 0 aliphatic heterocycles. The van der Waals surface area contributed by atoms with E-state index in [0.717, 1.165) is 16.9 Å². The van der Waals surface area contributed by atoms with Gasteiger partial charge in [0.15, 0.2) is 0 Å². The molecule has 5 heteroatoms. The molecule has 1 heterocycles. The number of aromatic nitrogens is 2. The number of benzene rings is 2. The zero-order valence-corrected chi connectivity index (χ0v) is 16.2. The van der Waals surface area contributed by atoms with E-state index in [9.17, 15) is 4.79 Å². The molecule has 0 unspecified atom stereocenters. The van der Waals surface area contributed by atoms with E-state index >= 15 is 0 Å². The lowest BCUT2D eigenvalue weighted by molar-refractivity contribution is 0.102. The number of aryl methyl sites for hydroxylation is 1. The van der Waals surface area contributed by atoms with Crippen LogP contribution >= 0.6 is 0 Å². The van der Waals surface area contributed by atoms with Crippen LogP contribution in [0.5, 0.6) is 5.75 Å². The van der Waals surface area contributed by atoms with E-state index in [0.29, 0.717) is 29.5 Å². The largest absolute Gasteiger partial charge is 0.491 e. The summed E-state index contributed by atoms with van der Waals surface area (Å²) in [5.74, 6) is 0.875. The Kier molecular flexibility index (Phi) is 5.60. The average molecular weight is 363 g/mol. The molecule has 0 saturated carbocycles. The van der Waals surface area contributed by atoms with Crippen molar-refractivity contribution in [1.82, 2.24) is 9.78 Å². The fraction of sp³-hybridized carbons (Fsp3) is 0.273. The van der Waals surface area contributed by atoms with Gasteiger partial charge in [0.2, 0.25) is 0 Å². The number of hydrogen-bond donors (Lipinski definition) is 1. The molecule has 0 saturated heterocycles. The minimum atomic E-state index is -0.201. The van der Waals surface area contributed by atoms with Gasteiger partial charge < -0.3 is 10.1 Å². The van der Waals surface area contributed by atoms with Gasteiger partial charge in [-0.1, -0.05) is 44.2 Å². The van der Waals surface area contributed by atoms with Crippen LogP contribution in [0.4, 0.5) is 5.69 Å². The van der Waals surface area contributed by atoms with Crippen molar-refractivity contribution >= 4 is 11.6 Å². The molecule has 1 aromatic heterocycles. The fourth-order valence-corrected chi connectivity index (χ4v) is 2.82. The van der Waals surface area contributed by atoms with Crippen molar-refractivity contribution in [2.24, 2.45) is 5.92 Å². The maximum absolute atomic E-state index is 12.8. The van der Waals surface area contributed by atoms with Gasteiger partial charge in [0.1, 0.15) is 5.75 Å². The van der Waals surface area contributed by atoms with Crippen molar-refractivity contribution in [2.75, 3.05) is 11.9 Å². The SMILES string of the molecule is Cc1ccccc1-n1ncc(C(=O)Nc2ccccc2OCC(C)C)c1C. The van der Waals surface area contributed by atoms with E-state index in [4.69, 9.17) is 4.74 Å². The van der Waals surface area contributed by atoms with Crippen LogP contribution < -0.4 is 10.1 Å². The first-order valence-corrected chi connectivity index (χ1v) is 9.11. The van der Waals surface area contributed by atoms with Gasteiger partial charge in [-0.3, -0.25) is 4.79 Å². The minimum absolute atomic E-state index is 0.201. The number of ether oxygens (including phenoxy) is 1. The standard InChI is InChI=1S/C22H25N3O2/c1-15(2)14-27-21-12-8-6-10-19(21)24-22(26)18-13-23-25(17(18)4)20-11-7-5-9-16(20)3/h5-13,15H,14H2,1-4H3,(H,24,26). The number of hydrogen-bond acceptors (Lipinski definition) is 3. The Morgan fingerprint density at radius 1 is 1.11 bits per heavy atom. The zero-order valence-electron chi connectivity index (χ0n) is 16.2. The van der Waals surface area contributed by atoms with Crippen molar-refractivity contribution < 1.29 is 9.53 Å². The predicted molar refractivity (Wildman–Crippen MR) is 108 cm³/mol. The molecule has 1 amide bonds. The topological polar surface area (TPSA) is 56.2 Å². The highest BCUT2D eigenvalue weighted by Gasteiger charge is 2.17. The van der Waals surface area contributed by atoms with E-state index in [1.165, 1.54) is 0 Å². The number of rotatable bonds is 6. The van der Waals surface area contributed by atoms with E-state index in [1.807, 2.05) is 62.4 Å². The summed E-state index contributed by atoms with van der Waals surface area (Å²) < 4.78 is 7.62. The van der Waals surface area contributed by atoms with Gasteiger partial charge in [0.05, 0.1) is 35.4 Å². The number of amides is 1. The Bertz CT molecular complexity index is 944. The number of anilines is 1. The average Bonchev–Trinajstić information content (AvgIpc) is 3.02.